The van der Waals surface area contributed by atoms with Gasteiger partial charge in [0.2, 0.25) is 0 Å². The Kier molecular flexibility index (Phi) is 5.10. The van der Waals surface area contributed by atoms with Crippen molar-refractivity contribution in [3.8, 4) is 21.7 Å². The fourth-order valence-electron chi connectivity index (χ4n) is 3.83. The van der Waals surface area contributed by atoms with Crippen LogP contribution in [0.5, 0.6) is 0 Å². The van der Waals surface area contributed by atoms with E-state index in [1.165, 1.54) is 23.3 Å². The summed E-state index contributed by atoms with van der Waals surface area (Å²) in [5.41, 5.74) is 10.9. The summed E-state index contributed by atoms with van der Waals surface area (Å²) in [6.45, 7) is 0. The van der Waals surface area contributed by atoms with Gasteiger partial charge in [-0.1, -0.05) is 65.9 Å². The number of nitrogens with zero attached hydrogens (tertiary/aromatic N) is 2. The van der Waals surface area contributed by atoms with Crippen LogP contribution in [0, 0.1) is 0 Å². The van der Waals surface area contributed by atoms with Crippen LogP contribution in [0.4, 0.5) is 5.13 Å². The molecule has 5 rings (SSSR count). The molecule has 0 atom stereocenters. The van der Waals surface area contributed by atoms with Crippen molar-refractivity contribution in [3.63, 3.8) is 0 Å². The second kappa shape index (κ2) is 8.06. The summed E-state index contributed by atoms with van der Waals surface area (Å²) in [4.78, 5) is 22.4. The second-order valence-electron chi connectivity index (χ2n) is 7.84. The highest BCUT2D eigenvalue weighted by atomic mass is 32.1. The Balaban J connectivity index is 1.50. The monoisotopic (exact) mass is 426 g/mol. The topological polar surface area (TPSA) is 80.9 Å². The van der Waals surface area contributed by atoms with Gasteiger partial charge in [0, 0.05) is 29.1 Å². The van der Waals surface area contributed by atoms with Gasteiger partial charge in [-0.15, -0.1) is 0 Å². The maximum Gasteiger partial charge on any atom is 0.257 e. The van der Waals surface area contributed by atoms with Gasteiger partial charge in [-0.05, 0) is 42.5 Å². The first kappa shape index (κ1) is 19.6. The molecule has 154 valence electrons. The number of rotatable bonds is 5. The SMILES string of the molecule is NC1(c2ccc(-c3nc(NC(=O)c4ccncc4)sc3-c3ccccc3)cc2)CCC1. The lowest BCUT2D eigenvalue weighted by atomic mass is 9.72. The molecule has 2 heterocycles. The molecule has 1 aliphatic carbocycles. The van der Waals surface area contributed by atoms with Gasteiger partial charge in [-0.3, -0.25) is 15.1 Å². The molecule has 2 aromatic carbocycles. The lowest BCUT2D eigenvalue weighted by molar-refractivity contribution is 0.102. The van der Waals surface area contributed by atoms with Gasteiger partial charge < -0.3 is 5.73 Å². The maximum atomic E-state index is 12.6. The summed E-state index contributed by atoms with van der Waals surface area (Å²) in [5.74, 6) is -0.201. The average Bonchev–Trinajstić information content (AvgIpc) is 3.22. The number of hydrogen-bond donors (Lipinski definition) is 2. The van der Waals surface area contributed by atoms with Crippen molar-refractivity contribution < 1.29 is 4.79 Å². The minimum Gasteiger partial charge on any atom is -0.321 e. The number of nitrogens with one attached hydrogen (secondary N) is 1. The van der Waals surface area contributed by atoms with E-state index in [0.717, 1.165) is 34.5 Å². The third-order valence-electron chi connectivity index (χ3n) is 5.81. The molecular weight excluding hydrogens is 404 g/mol. The molecule has 1 amide bonds. The number of pyridine rings is 1. The van der Waals surface area contributed by atoms with Gasteiger partial charge in [0.25, 0.3) is 5.91 Å². The summed E-state index contributed by atoms with van der Waals surface area (Å²) in [6, 6.07) is 21.9. The van der Waals surface area contributed by atoms with Crippen LogP contribution in [0.3, 0.4) is 0 Å². The molecule has 6 heteroatoms. The van der Waals surface area contributed by atoms with E-state index in [-0.39, 0.29) is 11.4 Å². The van der Waals surface area contributed by atoms with Gasteiger partial charge in [0.15, 0.2) is 5.13 Å². The maximum absolute atomic E-state index is 12.6. The summed E-state index contributed by atoms with van der Waals surface area (Å²) in [6.07, 6.45) is 6.45. The molecule has 1 saturated carbocycles. The van der Waals surface area contributed by atoms with Crippen LogP contribution in [-0.4, -0.2) is 15.9 Å². The predicted octanol–water partition coefficient (Wildman–Crippen LogP) is 5.46. The summed E-state index contributed by atoms with van der Waals surface area (Å²) < 4.78 is 0. The van der Waals surface area contributed by atoms with Gasteiger partial charge in [0.1, 0.15) is 0 Å². The van der Waals surface area contributed by atoms with Gasteiger partial charge in [0.05, 0.1) is 10.6 Å². The molecule has 2 aromatic heterocycles. The number of carbonyl (C=O) groups excluding carboxylic acids is 1. The van der Waals surface area contributed by atoms with Gasteiger partial charge in [-0.25, -0.2) is 4.98 Å². The zero-order chi connectivity index (χ0) is 21.3. The third kappa shape index (κ3) is 3.87. The van der Waals surface area contributed by atoms with Crippen LogP contribution in [0.1, 0.15) is 35.2 Å². The van der Waals surface area contributed by atoms with Crippen LogP contribution in [-0.2, 0) is 5.54 Å². The first-order valence-corrected chi connectivity index (χ1v) is 11.1. The molecule has 0 saturated heterocycles. The van der Waals surface area contributed by atoms with Crippen molar-refractivity contribution in [3.05, 3.63) is 90.3 Å². The van der Waals surface area contributed by atoms with Crippen molar-refractivity contribution in [1.29, 1.82) is 0 Å². The lowest BCUT2D eigenvalue weighted by Crippen LogP contribution is -2.43. The van der Waals surface area contributed by atoms with E-state index < -0.39 is 0 Å². The molecule has 3 N–H and O–H groups in total. The minimum absolute atomic E-state index is 0.188. The number of carbonyl (C=O) groups is 1. The van der Waals surface area contributed by atoms with Crippen molar-refractivity contribution in [1.82, 2.24) is 9.97 Å². The molecule has 0 radical (unpaired) electrons. The first-order chi connectivity index (χ1) is 15.1. The third-order valence-corrected chi connectivity index (χ3v) is 6.83. The van der Waals surface area contributed by atoms with Crippen LogP contribution < -0.4 is 11.1 Å². The molecular formula is C25H22N4OS. The largest absolute Gasteiger partial charge is 0.321 e. The fourth-order valence-corrected chi connectivity index (χ4v) is 4.82. The molecule has 5 nitrogen and oxygen atoms in total. The highest BCUT2D eigenvalue weighted by molar-refractivity contribution is 7.19. The van der Waals surface area contributed by atoms with E-state index in [4.69, 9.17) is 10.7 Å². The summed E-state index contributed by atoms with van der Waals surface area (Å²) in [7, 11) is 0. The Morgan fingerprint density at radius 3 is 2.29 bits per heavy atom. The number of thiazole rings is 1. The standard InChI is InChI=1S/C25H22N4OS/c26-25(13-4-14-25)20-9-7-17(8-10-20)21-22(18-5-2-1-3-6-18)31-24(28-21)29-23(30)19-11-15-27-16-12-19/h1-3,5-12,15-16H,4,13-14,26H2,(H,28,29,30). The first-order valence-electron chi connectivity index (χ1n) is 10.3. The number of benzene rings is 2. The number of aromatic nitrogens is 2. The summed E-state index contributed by atoms with van der Waals surface area (Å²) in [5, 5.41) is 3.50. The van der Waals surface area contributed by atoms with Crippen LogP contribution in [0.25, 0.3) is 21.7 Å². The van der Waals surface area contributed by atoms with Crippen LogP contribution in [0.2, 0.25) is 0 Å². The van der Waals surface area contributed by atoms with Crippen molar-refractivity contribution in [2.24, 2.45) is 5.73 Å². The lowest BCUT2D eigenvalue weighted by Gasteiger charge is -2.38. The molecule has 4 aromatic rings. The average molecular weight is 427 g/mol. The highest BCUT2D eigenvalue weighted by Gasteiger charge is 2.34. The van der Waals surface area contributed by atoms with Crippen molar-refractivity contribution >= 4 is 22.4 Å². The normalized spacial score (nSPS) is 14.6. The zero-order valence-corrected chi connectivity index (χ0v) is 17.7. The molecule has 1 aliphatic rings. The smallest absolute Gasteiger partial charge is 0.257 e. The van der Waals surface area contributed by atoms with Crippen LogP contribution >= 0.6 is 11.3 Å². The Labute approximate surface area is 185 Å². The Hall–Kier alpha value is -3.35. The predicted molar refractivity (Wildman–Crippen MR) is 125 cm³/mol. The van der Waals surface area contributed by atoms with E-state index in [9.17, 15) is 4.79 Å². The molecule has 0 spiro atoms. The second-order valence-corrected chi connectivity index (χ2v) is 8.84. The van der Waals surface area contributed by atoms with E-state index in [2.05, 4.69) is 46.7 Å². The zero-order valence-electron chi connectivity index (χ0n) is 16.9. The van der Waals surface area contributed by atoms with Crippen molar-refractivity contribution in [2.75, 3.05) is 5.32 Å². The van der Waals surface area contributed by atoms with Crippen LogP contribution in [0.15, 0.2) is 79.1 Å². The molecule has 0 bridgehead atoms. The molecule has 0 unspecified atom stereocenters. The number of amides is 1. The van der Waals surface area contributed by atoms with E-state index in [0.29, 0.717) is 10.7 Å². The molecule has 31 heavy (non-hydrogen) atoms. The number of nitrogens with two attached hydrogens (primary N) is 1. The number of anilines is 1. The quantitative estimate of drug-likeness (QED) is 0.444. The Bertz CT molecular complexity index is 1200. The van der Waals surface area contributed by atoms with Gasteiger partial charge >= 0.3 is 0 Å². The molecule has 1 fully saturated rings. The number of hydrogen-bond acceptors (Lipinski definition) is 5. The van der Waals surface area contributed by atoms with E-state index in [1.54, 1.807) is 24.5 Å². The van der Waals surface area contributed by atoms with E-state index >= 15 is 0 Å². The summed E-state index contributed by atoms with van der Waals surface area (Å²) >= 11 is 1.47. The highest BCUT2D eigenvalue weighted by Crippen LogP contribution is 2.42. The molecule has 0 aliphatic heterocycles. The minimum atomic E-state index is -0.201. The Morgan fingerprint density at radius 2 is 1.65 bits per heavy atom. The van der Waals surface area contributed by atoms with Gasteiger partial charge in [-0.2, -0.15) is 0 Å². The Morgan fingerprint density at radius 1 is 0.935 bits per heavy atom. The van der Waals surface area contributed by atoms with Crippen molar-refractivity contribution in [2.45, 2.75) is 24.8 Å². The van der Waals surface area contributed by atoms with E-state index in [1.807, 2.05) is 18.2 Å². The fraction of sp³-hybridized carbons (Fsp3) is 0.160.